The van der Waals surface area contributed by atoms with Gasteiger partial charge in [0.1, 0.15) is 13.2 Å². The highest BCUT2D eigenvalue weighted by molar-refractivity contribution is 7.92. The number of ether oxygens (including phenoxy) is 2. The first-order valence-corrected chi connectivity index (χ1v) is 9.38. The van der Waals surface area contributed by atoms with Gasteiger partial charge in [0.2, 0.25) is 0 Å². The van der Waals surface area contributed by atoms with E-state index < -0.39 is 10.0 Å². The van der Waals surface area contributed by atoms with Gasteiger partial charge in [-0.05, 0) is 36.8 Å². The van der Waals surface area contributed by atoms with Crippen molar-refractivity contribution in [3.05, 3.63) is 48.0 Å². The molecule has 0 radical (unpaired) electrons. The molecule has 7 heteroatoms. The Hall–Kier alpha value is -2.72. The Morgan fingerprint density at radius 2 is 1.76 bits per heavy atom. The fourth-order valence-corrected chi connectivity index (χ4v) is 4.16. The lowest BCUT2D eigenvalue weighted by Gasteiger charge is -2.24. The highest BCUT2D eigenvalue weighted by Crippen LogP contribution is 2.34. The maximum Gasteiger partial charge on any atom is 0.264 e. The first-order valence-electron chi connectivity index (χ1n) is 7.94. The Bertz CT molecular complexity index is 902. The monoisotopic (exact) mass is 358 g/mol. The lowest BCUT2D eigenvalue weighted by molar-refractivity contribution is 0.171. The van der Waals surface area contributed by atoms with Crippen molar-refractivity contribution in [1.29, 1.82) is 5.26 Å². The van der Waals surface area contributed by atoms with Crippen molar-refractivity contribution in [3.8, 4) is 17.6 Å². The summed E-state index contributed by atoms with van der Waals surface area (Å²) in [7, 11) is -3.73. The Morgan fingerprint density at radius 3 is 2.40 bits per heavy atom. The summed E-state index contributed by atoms with van der Waals surface area (Å²) in [5.41, 5.74) is 1.40. The van der Waals surface area contributed by atoms with E-state index in [1.165, 1.54) is 16.4 Å². The van der Waals surface area contributed by atoms with Crippen LogP contribution in [0.2, 0.25) is 0 Å². The van der Waals surface area contributed by atoms with Crippen LogP contribution in [0.4, 0.5) is 5.69 Å². The second kappa shape index (κ2) is 7.03. The average Bonchev–Trinajstić information content (AvgIpc) is 2.63. The van der Waals surface area contributed by atoms with Gasteiger partial charge in [-0.2, -0.15) is 5.26 Å². The van der Waals surface area contributed by atoms with Crippen LogP contribution >= 0.6 is 0 Å². The summed E-state index contributed by atoms with van der Waals surface area (Å²) in [5.74, 6) is 0.988. The molecule has 0 saturated heterocycles. The molecule has 0 fully saturated rings. The SMILES string of the molecule is CCN(c1ccc(CC#N)cc1)S(=O)(=O)c1ccc2c(c1)OCCO2. The molecule has 0 spiro atoms. The molecule has 130 valence electrons. The highest BCUT2D eigenvalue weighted by Gasteiger charge is 2.25. The van der Waals surface area contributed by atoms with E-state index in [0.717, 1.165) is 5.56 Å². The van der Waals surface area contributed by atoms with Crippen LogP contribution in [0.5, 0.6) is 11.5 Å². The standard InChI is InChI=1S/C18H18N2O4S/c1-2-20(15-5-3-14(4-6-15)9-10-19)25(21,22)16-7-8-17-18(13-16)24-12-11-23-17/h3-8,13H,2,9,11-12H2,1H3. The first-order chi connectivity index (χ1) is 12.1. The number of sulfonamides is 1. The van der Waals surface area contributed by atoms with Crippen LogP contribution in [0.25, 0.3) is 0 Å². The molecule has 2 aromatic carbocycles. The molecular weight excluding hydrogens is 340 g/mol. The topological polar surface area (TPSA) is 79.6 Å². The fraction of sp³-hybridized carbons (Fsp3) is 0.278. The molecule has 0 bridgehead atoms. The molecule has 0 atom stereocenters. The molecule has 1 aliphatic heterocycles. The van der Waals surface area contributed by atoms with Gasteiger partial charge in [0.15, 0.2) is 11.5 Å². The lowest BCUT2D eigenvalue weighted by Crippen LogP contribution is -2.31. The Balaban J connectivity index is 1.95. The van der Waals surface area contributed by atoms with Crippen molar-refractivity contribution in [1.82, 2.24) is 0 Å². The zero-order valence-corrected chi connectivity index (χ0v) is 14.6. The van der Waals surface area contributed by atoms with Crippen molar-refractivity contribution in [3.63, 3.8) is 0 Å². The molecule has 0 saturated carbocycles. The Kier molecular flexibility index (Phi) is 4.81. The summed E-state index contributed by atoms with van der Waals surface area (Å²) >= 11 is 0. The fourth-order valence-electron chi connectivity index (χ4n) is 2.67. The van der Waals surface area contributed by atoms with Gasteiger partial charge in [-0.15, -0.1) is 0 Å². The zero-order chi connectivity index (χ0) is 17.9. The normalized spacial score (nSPS) is 13.1. The van der Waals surface area contributed by atoms with Gasteiger partial charge >= 0.3 is 0 Å². The molecule has 1 aliphatic rings. The smallest absolute Gasteiger partial charge is 0.264 e. The van der Waals surface area contributed by atoms with E-state index in [2.05, 4.69) is 6.07 Å². The zero-order valence-electron chi connectivity index (χ0n) is 13.8. The van der Waals surface area contributed by atoms with Gasteiger partial charge in [-0.1, -0.05) is 12.1 Å². The average molecular weight is 358 g/mol. The van der Waals surface area contributed by atoms with Crippen LogP contribution in [0, 0.1) is 11.3 Å². The van der Waals surface area contributed by atoms with E-state index >= 15 is 0 Å². The van der Waals surface area contributed by atoms with Crippen LogP contribution in [-0.4, -0.2) is 28.2 Å². The molecule has 2 aromatic rings. The van der Waals surface area contributed by atoms with Crippen molar-refractivity contribution in [2.45, 2.75) is 18.2 Å². The number of hydrogen-bond acceptors (Lipinski definition) is 5. The predicted octanol–water partition coefficient (Wildman–Crippen LogP) is 2.74. The largest absolute Gasteiger partial charge is 0.486 e. The van der Waals surface area contributed by atoms with Gasteiger partial charge in [0.25, 0.3) is 10.0 Å². The molecular formula is C18H18N2O4S. The number of nitriles is 1. The Morgan fingerprint density at radius 1 is 1.08 bits per heavy atom. The number of fused-ring (bicyclic) bond motifs is 1. The Labute approximate surface area is 147 Å². The third-order valence-corrected chi connectivity index (χ3v) is 5.80. The van der Waals surface area contributed by atoms with Gasteiger partial charge in [-0.25, -0.2) is 8.42 Å². The molecule has 0 aromatic heterocycles. The summed E-state index contributed by atoms with van der Waals surface area (Å²) in [6, 6.07) is 13.7. The molecule has 0 aliphatic carbocycles. The van der Waals surface area contributed by atoms with Crippen molar-refractivity contribution in [2.75, 3.05) is 24.1 Å². The van der Waals surface area contributed by atoms with Crippen LogP contribution in [-0.2, 0) is 16.4 Å². The van der Waals surface area contributed by atoms with Crippen molar-refractivity contribution >= 4 is 15.7 Å². The van der Waals surface area contributed by atoms with E-state index in [1.807, 2.05) is 0 Å². The number of benzene rings is 2. The predicted molar refractivity (Wildman–Crippen MR) is 93.4 cm³/mol. The number of rotatable bonds is 5. The summed E-state index contributed by atoms with van der Waals surface area (Å²) in [4.78, 5) is 0.153. The molecule has 6 nitrogen and oxygen atoms in total. The molecule has 0 N–H and O–H groups in total. The summed E-state index contributed by atoms with van der Waals surface area (Å²) < 4.78 is 38.3. The summed E-state index contributed by atoms with van der Waals surface area (Å²) in [6.45, 7) is 2.91. The van der Waals surface area contributed by atoms with Gasteiger partial charge < -0.3 is 9.47 Å². The number of nitrogens with zero attached hydrogens (tertiary/aromatic N) is 2. The van der Waals surface area contributed by atoms with E-state index in [1.54, 1.807) is 37.3 Å². The minimum atomic E-state index is -3.73. The van der Waals surface area contributed by atoms with E-state index in [4.69, 9.17) is 14.7 Å². The molecule has 25 heavy (non-hydrogen) atoms. The molecule has 0 unspecified atom stereocenters. The minimum Gasteiger partial charge on any atom is -0.486 e. The lowest BCUT2D eigenvalue weighted by atomic mass is 10.1. The minimum absolute atomic E-state index is 0.153. The van der Waals surface area contributed by atoms with Crippen molar-refractivity contribution < 1.29 is 17.9 Å². The summed E-state index contributed by atoms with van der Waals surface area (Å²) in [5, 5.41) is 8.74. The van der Waals surface area contributed by atoms with Gasteiger partial charge in [-0.3, -0.25) is 4.31 Å². The van der Waals surface area contributed by atoms with Crippen LogP contribution in [0.1, 0.15) is 12.5 Å². The van der Waals surface area contributed by atoms with E-state index in [-0.39, 0.29) is 11.4 Å². The quantitative estimate of drug-likeness (QED) is 0.821. The van der Waals surface area contributed by atoms with Gasteiger partial charge in [0.05, 0.1) is 23.1 Å². The number of anilines is 1. The van der Waals surface area contributed by atoms with Crippen molar-refractivity contribution in [2.24, 2.45) is 0 Å². The maximum absolute atomic E-state index is 13.0. The van der Waals surface area contributed by atoms with E-state index in [0.29, 0.717) is 36.8 Å². The maximum atomic E-state index is 13.0. The second-order valence-corrected chi connectivity index (χ2v) is 7.34. The van der Waals surface area contributed by atoms with E-state index in [9.17, 15) is 8.42 Å². The highest BCUT2D eigenvalue weighted by atomic mass is 32.2. The third kappa shape index (κ3) is 3.39. The molecule has 3 rings (SSSR count). The third-order valence-electron chi connectivity index (χ3n) is 3.90. The molecule has 0 amide bonds. The number of hydrogen-bond donors (Lipinski definition) is 0. The second-order valence-electron chi connectivity index (χ2n) is 5.48. The van der Waals surface area contributed by atoms with Crippen LogP contribution < -0.4 is 13.8 Å². The first kappa shape index (κ1) is 17.1. The van der Waals surface area contributed by atoms with Gasteiger partial charge in [0, 0.05) is 12.6 Å². The van der Waals surface area contributed by atoms with Crippen LogP contribution in [0.15, 0.2) is 47.4 Å². The van der Waals surface area contributed by atoms with Crippen LogP contribution in [0.3, 0.4) is 0 Å². The molecule has 1 heterocycles. The summed E-state index contributed by atoms with van der Waals surface area (Å²) in [6.07, 6.45) is 0.293.